The van der Waals surface area contributed by atoms with E-state index < -0.39 is 5.97 Å². The van der Waals surface area contributed by atoms with Crippen molar-refractivity contribution in [2.45, 2.75) is 32.7 Å². The van der Waals surface area contributed by atoms with Crippen LogP contribution < -0.4 is 0 Å². The summed E-state index contributed by atoms with van der Waals surface area (Å²) in [6, 6.07) is 10.2. The van der Waals surface area contributed by atoms with Gasteiger partial charge in [0, 0.05) is 44.4 Å². The van der Waals surface area contributed by atoms with Crippen molar-refractivity contribution in [1.29, 1.82) is 0 Å². The van der Waals surface area contributed by atoms with Gasteiger partial charge in [0.1, 0.15) is 17.3 Å². The highest BCUT2D eigenvalue weighted by Gasteiger charge is 2.52. The topological polar surface area (TPSA) is 74.0 Å². The predicted molar refractivity (Wildman–Crippen MR) is 109 cm³/mol. The second-order valence-corrected chi connectivity index (χ2v) is 8.50. The average Bonchev–Trinajstić information content (AvgIpc) is 3.39. The first-order valence-electron chi connectivity index (χ1n) is 10.5. The third kappa shape index (κ3) is 3.99. The number of carbonyl (C=O) groups excluding carboxylic acids is 1. The van der Waals surface area contributed by atoms with E-state index in [0.29, 0.717) is 43.8 Å². The van der Waals surface area contributed by atoms with Crippen LogP contribution in [-0.4, -0.2) is 53.0 Å². The molecule has 0 bridgehead atoms. The highest BCUT2D eigenvalue weighted by molar-refractivity contribution is 5.76. The molecule has 0 aliphatic carbocycles. The summed E-state index contributed by atoms with van der Waals surface area (Å²) >= 11 is 0. The Morgan fingerprint density at radius 1 is 1.20 bits per heavy atom. The Bertz CT molecular complexity index is 943. The molecule has 2 aliphatic rings. The van der Waals surface area contributed by atoms with Crippen molar-refractivity contribution in [3.63, 3.8) is 0 Å². The van der Waals surface area contributed by atoms with Gasteiger partial charge in [-0.15, -0.1) is 0 Å². The molecule has 4 rings (SSSR count). The summed E-state index contributed by atoms with van der Waals surface area (Å²) in [7, 11) is 0. The molecule has 1 N–H and O–H groups in total. The Morgan fingerprint density at radius 3 is 2.73 bits per heavy atom. The number of amides is 1. The van der Waals surface area contributed by atoms with Crippen LogP contribution in [0.2, 0.25) is 0 Å². The highest BCUT2D eigenvalue weighted by atomic mass is 19.1. The smallest absolute Gasteiger partial charge is 0.303 e. The van der Waals surface area contributed by atoms with E-state index in [0.717, 1.165) is 18.8 Å². The van der Waals surface area contributed by atoms with E-state index in [4.69, 9.17) is 4.42 Å². The molecular formula is C23H27FN2O4. The first kappa shape index (κ1) is 20.6. The van der Waals surface area contributed by atoms with Crippen molar-refractivity contribution in [2.75, 3.05) is 26.2 Å². The van der Waals surface area contributed by atoms with Crippen molar-refractivity contribution in [3.05, 3.63) is 48.0 Å². The maximum Gasteiger partial charge on any atom is 0.303 e. The van der Waals surface area contributed by atoms with Crippen LogP contribution in [0.3, 0.4) is 0 Å². The Morgan fingerprint density at radius 2 is 2.00 bits per heavy atom. The molecule has 160 valence electrons. The summed E-state index contributed by atoms with van der Waals surface area (Å²) < 4.78 is 19.9. The lowest BCUT2D eigenvalue weighted by atomic mass is 9.77. The fourth-order valence-corrected chi connectivity index (χ4v) is 5.03. The van der Waals surface area contributed by atoms with Crippen LogP contribution in [0.15, 0.2) is 40.8 Å². The van der Waals surface area contributed by atoms with E-state index in [1.165, 1.54) is 6.07 Å². The first-order chi connectivity index (χ1) is 14.4. The van der Waals surface area contributed by atoms with E-state index in [1.807, 2.05) is 17.9 Å². The van der Waals surface area contributed by atoms with Crippen molar-refractivity contribution < 1.29 is 23.5 Å². The number of halogens is 1. The molecule has 2 aliphatic heterocycles. The van der Waals surface area contributed by atoms with Crippen LogP contribution >= 0.6 is 0 Å². The number of hydrogen-bond donors (Lipinski definition) is 1. The molecule has 30 heavy (non-hydrogen) atoms. The van der Waals surface area contributed by atoms with Gasteiger partial charge in [0.05, 0.1) is 12.1 Å². The van der Waals surface area contributed by atoms with Gasteiger partial charge in [0.2, 0.25) is 5.91 Å². The van der Waals surface area contributed by atoms with Crippen molar-refractivity contribution in [1.82, 2.24) is 9.80 Å². The Hall–Kier alpha value is -2.67. The number of nitrogens with zero attached hydrogens (tertiary/aromatic N) is 2. The van der Waals surface area contributed by atoms with Gasteiger partial charge in [-0.2, -0.15) is 0 Å². The molecule has 1 amide bonds. The van der Waals surface area contributed by atoms with Gasteiger partial charge in [-0.3, -0.25) is 14.5 Å². The van der Waals surface area contributed by atoms with Crippen LogP contribution in [0.4, 0.5) is 4.39 Å². The van der Waals surface area contributed by atoms with E-state index >= 15 is 0 Å². The van der Waals surface area contributed by atoms with Gasteiger partial charge in [0.25, 0.3) is 0 Å². The lowest BCUT2D eigenvalue weighted by Crippen LogP contribution is -2.36. The van der Waals surface area contributed by atoms with Crippen LogP contribution in [0.5, 0.6) is 0 Å². The zero-order chi connectivity index (χ0) is 21.3. The lowest BCUT2D eigenvalue weighted by Gasteiger charge is -2.29. The molecule has 0 saturated carbocycles. The summed E-state index contributed by atoms with van der Waals surface area (Å²) in [6.45, 7) is 5.27. The third-order valence-corrected chi connectivity index (χ3v) is 6.50. The molecule has 2 atom stereocenters. The van der Waals surface area contributed by atoms with E-state index in [9.17, 15) is 19.1 Å². The van der Waals surface area contributed by atoms with Gasteiger partial charge < -0.3 is 14.4 Å². The summed E-state index contributed by atoms with van der Waals surface area (Å²) in [5.41, 5.74) is 0.248. The van der Waals surface area contributed by atoms with Gasteiger partial charge in [0.15, 0.2) is 0 Å². The summed E-state index contributed by atoms with van der Waals surface area (Å²) in [4.78, 5) is 27.6. The number of rotatable bonds is 7. The number of aliphatic carboxylic acids is 1. The number of hydrogen-bond acceptors (Lipinski definition) is 4. The minimum atomic E-state index is -0.803. The number of fused-ring (bicyclic) bond motifs is 1. The molecule has 3 heterocycles. The number of carboxylic acid groups (broad SMARTS) is 1. The Balaban J connectivity index is 1.47. The van der Waals surface area contributed by atoms with Crippen molar-refractivity contribution in [2.24, 2.45) is 11.3 Å². The quantitative estimate of drug-likeness (QED) is 0.749. The second kappa shape index (κ2) is 8.22. The molecule has 0 spiro atoms. The van der Waals surface area contributed by atoms with Crippen LogP contribution in [0.1, 0.15) is 31.9 Å². The van der Waals surface area contributed by atoms with E-state index in [2.05, 4.69) is 4.90 Å². The Kier molecular flexibility index (Phi) is 5.64. The fourth-order valence-electron chi connectivity index (χ4n) is 5.03. The number of likely N-dealkylation sites (tertiary alicyclic amines) is 2. The zero-order valence-corrected chi connectivity index (χ0v) is 17.1. The summed E-state index contributed by atoms with van der Waals surface area (Å²) in [6.07, 6.45) is 1.14. The SMILES string of the molecule is CCC(=O)N1C[C@@H]2CN(Cc3ccc(-c4ccccc4F)o3)C[C@]2(CCC(=O)O)C1. The standard InChI is InChI=1S/C23H27FN2O4/c1-2-21(27)26-12-16-11-25(14-23(16,15-26)10-9-22(28)29)13-17-7-8-20(30-17)18-5-3-4-6-19(18)24/h3-8,16H,2,9-15H2,1H3,(H,28,29)/t16-,23+/m0/s1. The first-order valence-corrected chi connectivity index (χ1v) is 10.5. The summed E-state index contributed by atoms with van der Waals surface area (Å²) in [5, 5.41) is 9.21. The molecule has 1 aromatic carbocycles. The van der Waals surface area contributed by atoms with Crippen molar-refractivity contribution in [3.8, 4) is 11.3 Å². The number of furan rings is 1. The normalized spacial score (nSPS) is 23.7. The number of carboxylic acids is 1. The largest absolute Gasteiger partial charge is 0.481 e. The highest BCUT2D eigenvalue weighted by Crippen LogP contribution is 2.46. The van der Waals surface area contributed by atoms with Crippen molar-refractivity contribution >= 4 is 11.9 Å². The minimum Gasteiger partial charge on any atom is -0.481 e. The van der Waals surface area contributed by atoms with E-state index in [1.54, 1.807) is 24.3 Å². The van der Waals surface area contributed by atoms with Crippen LogP contribution in [0, 0.1) is 17.2 Å². The van der Waals surface area contributed by atoms with Crippen LogP contribution in [0.25, 0.3) is 11.3 Å². The lowest BCUT2D eigenvalue weighted by molar-refractivity contribution is -0.137. The Labute approximate surface area is 175 Å². The fraction of sp³-hybridized carbons (Fsp3) is 0.478. The summed E-state index contributed by atoms with van der Waals surface area (Å²) in [5.74, 6) is 0.523. The predicted octanol–water partition coefficient (Wildman–Crippen LogP) is 3.62. The van der Waals surface area contributed by atoms with Crippen LogP contribution in [-0.2, 0) is 16.1 Å². The van der Waals surface area contributed by atoms with Gasteiger partial charge in [-0.1, -0.05) is 19.1 Å². The number of carbonyl (C=O) groups is 2. The molecule has 0 unspecified atom stereocenters. The molecule has 2 fully saturated rings. The van der Waals surface area contributed by atoms with E-state index in [-0.39, 0.29) is 29.5 Å². The number of benzene rings is 1. The molecule has 7 heteroatoms. The maximum atomic E-state index is 14.0. The average molecular weight is 414 g/mol. The zero-order valence-electron chi connectivity index (χ0n) is 17.1. The molecule has 2 aromatic rings. The second-order valence-electron chi connectivity index (χ2n) is 8.50. The minimum absolute atomic E-state index is 0.108. The van der Waals surface area contributed by atoms with Gasteiger partial charge >= 0.3 is 5.97 Å². The molecule has 6 nitrogen and oxygen atoms in total. The molecule has 0 radical (unpaired) electrons. The molecular weight excluding hydrogens is 387 g/mol. The molecule has 1 aromatic heterocycles. The monoisotopic (exact) mass is 414 g/mol. The maximum absolute atomic E-state index is 14.0. The molecule has 2 saturated heterocycles. The third-order valence-electron chi connectivity index (χ3n) is 6.50. The van der Waals surface area contributed by atoms with Gasteiger partial charge in [-0.05, 0) is 36.6 Å². The van der Waals surface area contributed by atoms with Gasteiger partial charge in [-0.25, -0.2) is 4.39 Å².